The summed E-state index contributed by atoms with van der Waals surface area (Å²) in [6, 6.07) is 19.7. The summed E-state index contributed by atoms with van der Waals surface area (Å²) >= 11 is 1.38. The van der Waals surface area contributed by atoms with Gasteiger partial charge in [0.2, 0.25) is 4.96 Å². The van der Waals surface area contributed by atoms with E-state index in [0.29, 0.717) is 65.9 Å². The number of carbonyl (C=O) groups excluding carboxylic acids is 2. The predicted octanol–water partition coefficient (Wildman–Crippen LogP) is 3.68. The van der Waals surface area contributed by atoms with E-state index in [9.17, 15) is 14.4 Å². The molecule has 51 heavy (non-hydrogen) atoms. The second-order valence-electron chi connectivity index (χ2n) is 12.0. The van der Waals surface area contributed by atoms with Crippen molar-refractivity contribution < 1.29 is 33.4 Å². The summed E-state index contributed by atoms with van der Waals surface area (Å²) < 4.78 is 28.5. The summed E-state index contributed by atoms with van der Waals surface area (Å²) in [4.78, 5) is 55.1. The van der Waals surface area contributed by atoms with Gasteiger partial charge in [0, 0.05) is 39.2 Å². The molecule has 3 aliphatic heterocycles. The van der Waals surface area contributed by atoms with Gasteiger partial charge in [0.05, 0.1) is 17.3 Å². The van der Waals surface area contributed by atoms with Gasteiger partial charge in [0.1, 0.15) is 28.4 Å². The van der Waals surface area contributed by atoms with Gasteiger partial charge in [-0.05, 0) is 59.5 Å². The topological polar surface area (TPSA) is 164 Å². The minimum atomic E-state index is -0.833. The number of hydrogen-bond acceptors (Lipinski definition) is 10. The summed E-state index contributed by atoms with van der Waals surface area (Å²) in [6.45, 7) is 4.34. The number of halogens is 1. The fraction of sp³-hybridized carbons (Fsp3) is 0.278. The van der Waals surface area contributed by atoms with Gasteiger partial charge in [-0.1, -0.05) is 48.6 Å². The van der Waals surface area contributed by atoms with Gasteiger partial charge >= 0.3 is 0 Å². The molecule has 0 saturated carbocycles. The smallest absolute Gasteiger partial charge is 0.300 e. The van der Waals surface area contributed by atoms with E-state index in [1.165, 1.54) is 34.1 Å². The van der Waals surface area contributed by atoms with Gasteiger partial charge in [-0.2, -0.15) is 9.61 Å². The Morgan fingerprint density at radius 2 is 1.78 bits per heavy atom. The Hall–Kier alpha value is -5.67. The summed E-state index contributed by atoms with van der Waals surface area (Å²) in [7, 11) is 0. The number of carboxylic acid groups (broad SMARTS) is 1. The molecule has 5 heterocycles. The highest BCUT2D eigenvalue weighted by Gasteiger charge is 2.36. The zero-order valence-electron chi connectivity index (χ0n) is 27.8. The number of amides is 2. The van der Waals surface area contributed by atoms with E-state index in [1.54, 1.807) is 36.4 Å². The van der Waals surface area contributed by atoms with Crippen molar-refractivity contribution in [3.05, 3.63) is 111 Å². The van der Waals surface area contributed by atoms with E-state index >= 15 is 4.39 Å². The van der Waals surface area contributed by atoms with Crippen molar-refractivity contribution in [1.82, 2.24) is 30.1 Å². The normalized spacial score (nSPS) is 17.6. The highest BCUT2D eigenvalue weighted by atomic mass is 32.1. The van der Waals surface area contributed by atoms with Crippen LogP contribution in [0.1, 0.15) is 40.5 Å². The lowest BCUT2D eigenvalue weighted by atomic mass is 10.0. The Kier molecular flexibility index (Phi) is 10.7. The first-order valence-electron chi connectivity index (χ1n) is 16.2. The molecule has 5 aromatic rings. The molecule has 3 aliphatic rings. The minimum absolute atomic E-state index is 0.110. The number of hydrogen-bond donors (Lipinski definition) is 3. The molecule has 3 aromatic carbocycles. The molecule has 1 fully saturated rings. The number of ether oxygens (including phenoxy) is 2. The number of carboxylic acids is 1. The monoisotopic (exact) mass is 714 g/mol. The first kappa shape index (κ1) is 35.2. The minimum Gasteiger partial charge on any atom is -0.487 e. The molecule has 1 saturated heterocycles. The number of likely N-dealkylation sites (tertiary alicyclic amines) is 1. The van der Waals surface area contributed by atoms with E-state index in [-0.39, 0.29) is 23.6 Å². The third kappa shape index (κ3) is 8.74. The van der Waals surface area contributed by atoms with E-state index in [4.69, 9.17) is 19.4 Å². The van der Waals surface area contributed by atoms with Crippen LogP contribution in [0.4, 0.5) is 4.39 Å². The zero-order valence-corrected chi connectivity index (χ0v) is 28.6. The van der Waals surface area contributed by atoms with Crippen molar-refractivity contribution in [2.75, 3.05) is 19.7 Å². The summed E-state index contributed by atoms with van der Waals surface area (Å²) in [6.07, 6.45) is 0.213. The Morgan fingerprint density at radius 3 is 2.55 bits per heavy atom. The van der Waals surface area contributed by atoms with Crippen molar-refractivity contribution in [2.45, 2.75) is 45.5 Å². The molecule has 6 bridgehead atoms. The highest BCUT2D eigenvalue weighted by molar-refractivity contribution is 7.16. The Labute approximate surface area is 295 Å². The second-order valence-corrected chi connectivity index (χ2v) is 13.1. The van der Waals surface area contributed by atoms with Gasteiger partial charge in [-0.15, -0.1) is 0 Å². The van der Waals surface area contributed by atoms with Crippen molar-refractivity contribution >= 4 is 34.1 Å². The molecule has 0 aliphatic carbocycles. The molecule has 3 N–H and O–H groups in total. The lowest BCUT2D eigenvalue weighted by Crippen LogP contribution is -2.45. The highest BCUT2D eigenvalue weighted by Crippen LogP contribution is 2.27. The molecule has 2 amide bonds. The van der Waals surface area contributed by atoms with E-state index in [2.05, 4.69) is 20.7 Å². The number of rotatable bonds is 3. The first-order chi connectivity index (χ1) is 24.5. The lowest BCUT2D eigenvalue weighted by Gasteiger charge is -2.22. The summed E-state index contributed by atoms with van der Waals surface area (Å²) in [5.74, 6) is -1.31. The maximum Gasteiger partial charge on any atom is 0.300 e. The van der Waals surface area contributed by atoms with Crippen LogP contribution in [-0.2, 0) is 29.1 Å². The maximum atomic E-state index is 15.1. The summed E-state index contributed by atoms with van der Waals surface area (Å²) in [5, 5.41) is 18.4. The van der Waals surface area contributed by atoms with E-state index in [1.807, 2.05) is 30.0 Å². The number of nitrogens with zero attached hydrogens (tertiary/aromatic N) is 4. The number of aromatic nitrogens is 3. The number of carbonyl (C=O) groups is 3. The van der Waals surface area contributed by atoms with Crippen molar-refractivity contribution in [3.63, 3.8) is 0 Å². The SMILES string of the molecule is CC(=O)O.CCc1nn2c(=O)cc(CN3C[C@@H]4NC(=O)c5cc(ccc5F)-c5cccc(c5)OCC(=O)NCc5ccc(cc5)O[C@H]4C3)nc2s1. The average Bonchev–Trinajstić information content (AvgIpc) is 3.70. The predicted molar refractivity (Wildman–Crippen MR) is 186 cm³/mol. The van der Waals surface area contributed by atoms with Gasteiger partial charge in [0.25, 0.3) is 23.3 Å². The Bertz CT molecular complexity index is 2130. The van der Waals surface area contributed by atoms with Gasteiger partial charge in [0.15, 0.2) is 6.61 Å². The molecule has 0 spiro atoms. The number of aryl methyl sites for hydroxylation is 1. The lowest BCUT2D eigenvalue weighted by molar-refractivity contribution is -0.134. The summed E-state index contributed by atoms with van der Waals surface area (Å²) in [5.41, 5.74) is 2.41. The third-order valence-electron chi connectivity index (χ3n) is 8.14. The van der Waals surface area contributed by atoms with Gasteiger partial charge in [-0.25, -0.2) is 9.37 Å². The quantitative estimate of drug-likeness (QED) is 0.251. The van der Waals surface area contributed by atoms with Crippen molar-refractivity contribution in [1.29, 1.82) is 0 Å². The van der Waals surface area contributed by atoms with Crippen LogP contribution in [0.5, 0.6) is 11.5 Å². The molecule has 0 radical (unpaired) electrons. The molecular formula is C36H35FN6O7S. The fourth-order valence-electron chi connectivity index (χ4n) is 5.74. The van der Waals surface area contributed by atoms with Gasteiger partial charge in [-0.3, -0.25) is 24.1 Å². The molecule has 15 heteroatoms. The second kappa shape index (κ2) is 15.5. The Morgan fingerprint density at radius 1 is 1.02 bits per heavy atom. The number of fused-ring (bicyclic) bond motifs is 8. The van der Waals surface area contributed by atoms with Crippen LogP contribution in [0.2, 0.25) is 0 Å². The van der Waals surface area contributed by atoms with Crippen LogP contribution in [0.25, 0.3) is 16.1 Å². The number of benzene rings is 3. The standard InChI is InChI=1S/C34H31FN6O5S.C2H4O2/c1-2-31-39-41-32(43)14-23(37-34(41)47-31)16-40-17-28-29(18-40)46-24-9-6-20(7-10-24)15-36-30(42)19-45-25-5-3-4-21(12-25)22-8-11-27(35)26(13-22)33(44)38-28;1-2(3)4/h3-14,28-29H,2,15-19H2,1H3,(H,36,42)(H,38,44);1H3,(H,3,4)/t28-,29-;/m0./s1. The van der Waals surface area contributed by atoms with E-state index in [0.717, 1.165) is 17.5 Å². The van der Waals surface area contributed by atoms with E-state index < -0.39 is 29.8 Å². The number of nitrogens with one attached hydrogen (secondary N) is 2. The van der Waals surface area contributed by atoms with Crippen molar-refractivity contribution in [3.8, 4) is 22.6 Å². The maximum absolute atomic E-state index is 15.1. The van der Waals surface area contributed by atoms with Crippen LogP contribution in [0, 0.1) is 5.82 Å². The molecule has 2 atom stereocenters. The van der Waals surface area contributed by atoms with Crippen LogP contribution in [0.3, 0.4) is 0 Å². The molecular weight excluding hydrogens is 679 g/mol. The van der Waals surface area contributed by atoms with Crippen LogP contribution >= 0.6 is 11.3 Å². The third-order valence-corrected chi connectivity index (χ3v) is 9.19. The molecule has 13 nitrogen and oxygen atoms in total. The fourth-order valence-corrected chi connectivity index (χ4v) is 6.60. The van der Waals surface area contributed by atoms with Crippen LogP contribution < -0.4 is 25.7 Å². The Balaban J connectivity index is 0.00000107. The number of aliphatic carboxylic acids is 1. The van der Waals surface area contributed by atoms with Crippen molar-refractivity contribution in [2.24, 2.45) is 0 Å². The molecule has 8 rings (SSSR count). The largest absolute Gasteiger partial charge is 0.487 e. The molecule has 264 valence electrons. The van der Waals surface area contributed by atoms with Gasteiger partial charge < -0.3 is 25.2 Å². The molecule has 0 unspecified atom stereocenters. The average molecular weight is 715 g/mol. The van der Waals surface area contributed by atoms with Crippen LogP contribution in [-0.4, -0.2) is 74.2 Å². The van der Waals surface area contributed by atoms with Crippen LogP contribution in [0.15, 0.2) is 77.6 Å². The zero-order chi connectivity index (χ0) is 36.1. The first-order valence-corrected chi connectivity index (χ1v) is 17.0. The molecule has 2 aromatic heterocycles.